The summed E-state index contributed by atoms with van der Waals surface area (Å²) in [5.74, 6) is 1.83. The molecule has 0 spiro atoms. The van der Waals surface area contributed by atoms with Crippen LogP contribution in [0.25, 0.3) is 0 Å². The molecule has 1 aliphatic rings. The Morgan fingerprint density at radius 2 is 2.26 bits per heavy atom. The molecule has 0 bridgehead atoms. The van der Waals surface area contributed by atoms with E-state index in [4.69, 9.17) is 0 Å². The summed E-state index contributed by atoms with van der Waals surface area (Å²) in [5.41, 5.74) is 2.98. The highest BCUT2D eigenvalue weighted by Gasteiger charge is 2.19. The maximum Gasteiger partial charge on any atom is 0.108 e. The van der Waals surface area contributed by atoms with Crippen molar-refractivity contribution in [3.8, 4) is 0 Å². The first kappa shape index (κ1) is 12.4. The van der Waals surface area contributed by atoms with Crippen molar-refractivity contribution in [2.24, 2.45) is 0 Å². The van der Waals surface area contributed by atoms with E-state index in [0.29, 0.717) is 5.92 Å². The van der Waals surface area contributed by atoms with Crippen LogP contribution in [0.1, 0.15) is 36.2 Å². The second-order valence-electron chi connectivity index (χ2n) is 5.19. The lowest BCUT2D eigenvalue weighted by Crippen LogP contribution is -2.28. The average molecular weight is 255 g/mol. The van der Waals surface area contributed by atoms with E-state index in [0.717, 1.165) is 26.1 Å². The molecule has 3 heteroatoms. The Kier molecular flexibility index (Phi) is 3.65. The fourth-order valence-corrected chi connectivity index (χ4v) is 3.00. The molecule has 1 aromatic heterocycles. The van der Waals surface area contributed by atoms with Crippen LogP contribution in [-0.2, 0) is 19.5 Å². The van der Waals surface area contributed by atoms with E-state index in [-0.39, 0.29) is 0 Å². The third kappa shape index (κ3) is 2.56. The highest BCUT2D eigenvalue weighted by atomic mass is 15.0. The largest absolute Gasteiger partial charge is 0.335 e. The Morgan fingerprint density at radius 3 is 3.16 bits per heavy atom. The summed E-state index contributed by atoms with van der Waals surface area (Å²) in [4.78, 5) is 4.47. The summed E-state index contributed by atoms with van der Waals surface area (Å²) in [7, 11) is 0. The molecule has 1 N–H and O–H groups in total. The zero-order chi connectivity index (χ0) is 13.1. The van der Waals surface area contributed by atoms with Crippen LogP contribution in [-0.4, -0.2) is 16.1 Å². The third-order valence-corrected chi connectivity index (χ3v) is 4.06. The molecule has 0 aliphatic carbocycles. The zero-order valence-corrected chi connectivity index (χ0v) is 11.5. The van der Waals surface area contributed by atoms with Gasteiger partial charge in [-0.05, 0) is 30.4 Å². The number of aryl methyl sites for hydroxylation is 2. The Balaban J connectivity index is 1.71. The van der Waals surface area contributed by atoms with Crippen LogP contribution in [0, 0.1) is 0 Å². The summed E-state index contributed by atoms with van der Waals surface area (Å²) in [6.45, 7) is 5.28. The van der Waals surface area contributed by atoms with Crippen LogP contribution in [0.3, 0.4) is 0 Å². The van der Waals surface area contributed by atoms with Gasteiger partial charge in [-0.1, -0.05) is 24.3 Å². The second kappa shape index (κ2) is 5.57. The van der Waals surface area contributed by atoms with Gasteiger partial charge in [-0.3, -0.25) is 0 Å². The number of fused-ring (bicyclic) bond motifs is 1. The third-order valence-electron chi connectivity index (χ3n) is 4.06. The lowest BCUT2D eigenvalue weighted by molar-refractivity contribution is 0.504. The quantitative estimate of drug-likeness (QED) is 0.910. The number of benzene rings is 1. The second-order valence-corrected chi connectivity index (χ2v) is 5.19. The predicted molar refractivity (Wildman–Crippen MR) is 77.1 cm³/mol. The van der Waals surface area contributed by atoms with Gasteiger partial charge in [-0.25, -0.2) is 4.98 Å². The van der Waals surface area contributed by atoms with E-state index < -0.39 is 0 Å². The average Bonchev–Trinajstić information content (AvgIpc) is 2.92. The smallest absolute Gasteiger partial charge is 0.108 e. The van der Waals surface area contributed by atoms with E-state index in [1.165, 1.54) is 23.4 Å². The number of nitrogens with zero attached hydrogens (tertiary/aromatic N) is 2. The summed E-state index contributed by atoms with van der Waals surface area (Å²) in [5, 5.41) is 3.52. The molecule has 19 heavy (non-hydrogen) atoms. The van der Waals surface area contributed by atoms with Crippen molar-refractivity contribution in [1.82, 2.24) is 14.9 Å². The van der Waals surface area contributed by atoms with E-state index in [2.05, 4.69) is 52.3 Å². The number of hydrogen-bond acceptors (Lipinski definition) is 2. The lowest BCUT2D eigenvalue weighted by Gasteiger charge is -2.26. The van der Waals surface area contributed by atoms with E-state index >= 15 is 0 Å². The van der Waals surface area contributed by atoms with Gasteiger partial charge < -0.3 is 9.88 Å². The minimum Gasteiger partial charge on any atom is -0.335 e. The van der Waals surface area contributed by atoms with E-state index in [9.17, 15) is 0 Å². The molecule has 1 aromatic carbocycles. The highest BCUT2D eigenvalue weighted by Crippen LogP contribution is 2.27. The molecule has 2 heterocycles. The number of nitrogens with one attached hydrogen (secondary N) is 1. The fourth-order valence-electron chi connectivity index (χ4n) is 3.00. The Bertz CT molecular complexity index is 544. The van der Waals surface area contributed by atoms with Gasteiger partial charge in [-0.2, -0.15) is 0 Å². The zero-order valence-electron chi connectivity index (χ0n) is 11.5. The first-order valence-corrected chi connectivity index (χ1v) is 7.17. The molecular formula is C16H21N3. The Hall–Kier alpha value is -1.61. The van der Waals surface area contributed by atoms with Gasteiger partial charge in [0.1, 0.15) is 5.82 Å². The molecule has 0 amide bonds. The molecule has 3 nitrogen and oxygen atoms in total. The lowest BCUT2D eigenvalue weighted by atomic mass is 9.87. The highest BCUT2D eigenvalue weighted by molar-refractivity contribution is 5.32. The molecular weight excluding hydrogens is 234 g/mol. The van der Waals surface area contributed by atoms with Crippen LogP contribution in [0.5, 0.6) is 0 Å². The van der Waals surface area contributed by atoms with Crippen molar-refractivity contribution in [2.75, 3.05) is 6.54 Å². The molecule has 0 saturated heterocycles. The molecule has 1 atom stereocenters. The SMILES string of the molecule is CCn1ccnc1CCC1CNCc2ccccc21. The minimum absolute atomic E-state index is 0.618. The van der Waals surface area contributed by atoms with Crippen LogP contribution in [0.15, 0.2) is 36.7 Å². The van der Waals surface area contributed by atoms with E-state index in [1.54, 1.807) is 0 Å². The van der Waals surface area contributed by atoms with Crippen LogP contribution in [0.4, 0.5) is 0 Å². The molecule has 0 fully saturated rings. The van der Waals surface area contributed by atoms with Crippen molar-refractivity contribution in [3.63, 3.8) is 0 Å². The van der Waals surface area contributed by atoms with Gasteiger partial charge in [0.05, 0.1) is 0 Å². The fraction of sp³-hybridized carbons (Fsp3) is 0.438. The van der Waals surface area contributed by atoms with Crippen molar-refractivity contribution < 1.29 is 0 Å². The van der Waals surface area contributed by atoms with Crippen LogP contribution >= 0.6 is 0 Å². The topological polar surface area (TPSA) is 29.9 Å². The molecule has 2 aromatic rings. The predicted octanol–water partition coefficient (Wildman–Crippen LogP) is 2.72. The number of rotatable bonds is 4. The van der Waals surface area contributed by atoms with Gasteiger partial charge >= 0.3 is 0 Å². The molecule has 3 rings (SSSR count). The standard InChI is InChI=1S/C16H21N3/c1-2-19-10-9-18-16(19)8-7-14-12-17-11-13-5-3-4-6-15(13)14/h3-6,9-10,14,17H,2,7-8,11-12H2,1H3. The first-order chi connectivity index (χ1) is 9.38. The summed E-state index contributed by atoms with van der Waals surface area (Å²) in [6.07, 6.45) is 6.21. The van der Waals surface area contributed by atoms with Crippen molar-refractivity contribution >= 4 is 0 Å². The first-order valence-electron chi connectivity index (χ1n) is 7.17. The molecule has 0 radical (unpaired) electrons. The summed E-state index contributed by atoms with van der Waals surface area (Å²) < 4.78 is 2.24. The van der Waals surface area contributed by atoms with Crippen molar-refractivity contribution in [1.29, 1.82) is 0 Å². The van der Waals surface area contributed by atoms with Crippen molar-refractivity contribution in [3.05, 3.63) is 53.6 Å². The van der Waals surface area contributed by atoms with Crippen LogP contribution in [0.2, 0.25) is 0 Å². The number of hydrogen-bond donors (Lipinski definition) is 1. The monoisotopic (exact) mass is 255 g/mol. The Morgan fingerprint density at radius 1 is 1.37 bits per heavy atom. The molecule has 100 valence electrons. The Labute approximate surface area is 114 Å². The van der Waals surface area contributed by atoms with Crippen LogP contribution < -0.4 is 5.32 Å². The van der Waals surface area contributed by atoms with Gasteiger partial charge in [-0.15, -0.1) is 0 Å². The van der Waals surface area contributed by atoms with Gasteiger partial charge in [0.25, 0.3) is 0 Å². The van der Waals surface area contributed by atoms with Crippen molar-refractivity contribution in [2.45, 2.75) is 38.8 Å². The maximum atomic E-state index is 4.47. The van der Waals surface area contributed by atoms with Gasteiger partial charge in [0.15, 0.2) is 0 Å². The molecule has 1 unspecified atom stereocenters. The number of aromatic nitrogens is 2. The summed E-state index contributed by atoms with van der Waals surface area (Å²) in [6, 6.07) is 8.81. The molecule has 0 saturated carbocycles. The number of imidazole rings is 1. The maximum absolute atomic E-state index is 4.47. The van der Waals surface area contributed by atoms with Gasteiger partial charge in [0.2, 0.25) is 0 Å². The summed E-state index contributed by atoms with van der Waals surface area (Å²) >= 11 is 0. The minimum atomic E-state index is 0.618. The van der Waals surface area contributed by atoms with Gasteiger partial charge in [0, 0.05) is 38.4 Å². The normalized spacial score (nSPS) is 18.3. The molecule has 1 aliphatic heterocycles. The van der Waals surface area contributed by atoms with E-state index in [1.807, 2.05) is 6.20 Å².